The molecule has 2 nitrogen and oxygen atoms in total. The molecule has 0 bridgehead atoms. The highest BCUT2D eigenvalue weighted by atomic mass is 19.1. The van der Waals surface area contributed by atoms with E-state index in [1.54, 1.807) is 13.0 Å². The van der Waals surface area contributed by atoms with Crippen LogP contribution in [0.5, 0.6) is 0 Å². The summed E-state index contributed by atoms with van der Waals surface area (Å²) in [4.78, 5) is 0. The van der Waals surface area contributed by atoms with Gasteiger partial charge in [0.15, 0.2) is 0 Å². The molecule has 3 aromatic rings. The molecule has 0 amide bonds. The van der Waals surface area contributed by atoms with Crippen molar-refractivity contribution in [2.75, 3.05) is 0 Å². The molecule has 4 heteroatoms. The molecule has 0 spiro atoms. The molecule has 1 heterocycles. The Kier molecular flexibility index (Phi) is 3.47. The van der Waals surface area contributed by atoms with Crippen LogP contribution in [0.4, 0.5) is 8.78 Å². The van der Waals surface area contributed by atoms with Crippen molar-refractivity contribution in [3.8, 4) is 0 Å². The van der Waals surface area contributed by atoms with Gasteiger partial charge in [-0.2, -0.15) is 0 Å². The molecule has 0 aliphatic carbocycles. The second kappa shape index (κ2) is 5.30. The first-order valence-corrected chi connectivity index (χ1v) is 6.66. The number of aliphatic hydroxyl groups excluding tert-OH is 1. The Balaban J connectivity index is 1.99. The van der Waals surface area contributed by atoms with Crippen LogP contribution >= 0.6 is 0 Å². The van der Waals surface area contributed by atoms with Gasteiger partial charge in [-0.3, -0.25) is 0 Å². The van der Waals surface area contributed by atoms with Gasteiger partial charge in [0, 0.05) is 17.4 Å². The molecule has 0 radical (unpaired) electrons. The fourth-order valence-corrected chi connectivity index (χ4v) is 2.61. The van der Waals surface area contributed by atoms with Crippen LogP contribution in [0.25, 0.3) is 11.0 Å². The number of hydrogen-bond donors (Lipinski definition) is 1. The van der Waals surface area contributed by atoms with E-state index in [2.05, 4.69) is 0 Å². The van der Waals surface area contributed by atoms with E-state index in [0.29, 0.717) is 16.9 Å². The van der Waals surface area contributed by atoms with Crippen molar-refractivity contribution in [1.29, 1.82) is 0 Å². The van der Waals surface area contributed by atoms with Crippen LogP contribution in [0.15, 0.2) is 46.9 Å². The Labute approximate surface area is 120 Å². The van der Waals surface area contributed by atoms with E-state index >= 15 is 0 Å². The number of para-hydroxylation sites is 1. The van der Waals surface area contributed by atoms with E-state index in [1.807, 2.05) is 18.2 Å². The molecule has 2 aromatic carbocycles. The summed E-state index contributed by atoms with van der Waals surface area (Å²) >= 11 is 0. The largest absolute Gasteiger partial charge is 0.461 e. The zero-order chi connectivity index (χ0) is 15.0. The first-order valence-electron chi connectivity index (χ1n) is 6.66. The lowest BCUT2D eigenvalue weighted by Crippen LogP contribution is -2.04. The molecular formula is C17H14F2O2. The second-order valence-electron chi connectivity index (χ2n) is 5.02. The van der Waals surface area contributed by atoms with Gasteiger partial charge in [-0.25, -0.2) is 8.78 Å². The number of rotatable bonds is 3. The third-order valence-corrected chi connectivity index (χ3v) is 3.57. The predicted octanol–water partition coefficient (Wildman–Crippen LogP) is 4.30. The van der Waals surface area contributed by atoms with Crippen molar-refractivity contribution in [1.82, 2.24) is 0 Å². The minimum atomic E-state index is -0.954. The number of aliphatic hydroxyl groups is 1. The van der Waals surface area contributed by atoms with Gasteiger partial charge in [0.25, 0.3) is 0 Å². The summed E-state index contributed by atoms with van der Waals surface area (Å²) in [5.41, 5.74) is 1.44. The summed E-state index contributed by atoms with van der Waals surface area (Å²) < 4.78 is 32.5. The molecule has 108 valence electrons. The number of furan rings is 1. The Morgan fingerprint density at radius 1 is 1.14 bits per heavy atom. The lowest BCUT2D eigenvalue weighted by Gasteiger charge is -2.11. The Morgan fingerprint density at radius 2 is 1.90 bits per heavy atom. The zero-order valence-electron chi connectivity index (χ0n) is 11.4. The van der Waals surface area contributed by atoms with E-state index in [4.69, 9.17) is 4.42 Å². The lowest BCUT2D eigenvalue weighted by molar-refractivity contribution is 0.176. The van der Waals surface area contributed by atoms with Crippen molar-refractivity contribution < 1.29 is 18.3 Å². The summed E-state index contributed by atoms with van der Waals surface area (Å²) in [5.74, 6) is -0.464. The number of benzene rings is 2. The standard InChI is InChI=1S/C17H14F2O2/c1-10-17(13-4-2-3-5-16(13)21-10)15(20)9-11-8-12(18)6-7-14(11)19/h2-8,15,20H,9H2,1H3. The maximum absolute atomic E-state index is 13.7. The average molecular weight is 288 g/mol. The van der Waals surface area contributed by atoms with Gasteiger partial charge in [0.05, 0.1) is 6.10 Å². The van der Waals surface area contributed by atoms with Gasteiger partial charge >= 0.3 is 0 Å². The molecule has 21 heavy (non-hydrogen) atoms. The molecule has 3 rings (SSSR count). The highest BCUT2D eigenvalue weighted by Gasteiger charge is 2.20. The summed E-state index contributed by atoms with van der Waals surface area (Å²) in [6, 6.07) is 10.6. The highest BCUT2D eigenvalue weighted by molar-refractivity contribution is 5.82. The van der Waals surface area contributed by atoms with E-state index in [-0.39, 0.29) is 12.0 Å². The molecule has 0 fully saturated rings. The SMILES string of the molecule is Cc1oc2ccccc2c1C(O)Cc1cc(F)ccc1F. The molecule has 1 unspecified atom stereocenters. The highest BCUT2D eigenvalue weighted by Crippen LogP contribution is 2.32. The molecule has 0 saturated heterocycles. The molecule has 1 aromatic heterocycles. The zero-order valence-corrected chi connectivity index (χ0v) is 11.4. The number of fused-ring (bicyclic) bond motifs is 1. The maximum Gasteiger partial charge on any atom is 0.134 e. The van der Waals surface area contributed by atoms with Crippen LogP contribution in [-0.4, -0.2) is 5.11 Å². The van der Waals surface area contributed by atoms with E-state index < -0.39 is 17.7 Å². The lowest BCUT2D eigenvalue weighted by atomic mass is 9.98. The van der Waals surface area contributed by atoms with Crippen LogP contribution in [-0.2, 0) is 6.42 Å². The second-order valence-corrected chi connectivity index (χ2v) is 5.02. The molecule has 1 N–H and O–H groups in total. The quantitative estimate of drug-likeness (QED) is 0.779. The predicted molar refractivity (Wildman–Crippen MR) is 76.0 cm³/mol. The molecule has 1 atom stereocenters. The fourth-order valence-electron chi connectivity index (χ4n) is 2.61. The first-order chi connectivity index (χ1) is 10.1. The molecule has 0 aliphatic rings. The van der Waals surface area contributed by atoms with E-state index in [1.165, 1.54) is 0 Å². The van der Waals surface area contributed by atoms with Gasteiger partial charge in [-0.05, 0) is 36.8 Å². The minimum absolute atomic E-state index is 0.00599. The Morgan fingerprint density at radius 3 is 2.71 bits per heavy atom. The maximum atomic E-state index is 13.7. The van der Waals surface area contributed by atoms with Gasteiger partial charge < -0.3 is 9.52 Å². The van der Waals surface area contributed by atoms with Gasteiger partial charge in [0.1, 0.15) is 23.0 Å². The van der Waals surface area contributed by atoms with E-state index in [9.17, 15) is 13.9 Å². The van der Waals surface area contributed by atoms with Crippen molar-refractivity contribution in [3.05, 3.63) is 71.0 Å². The third kappa shape index (κ3) is 2.54. The van der Waals surface area contributed by atoms with Crippen LogP contribution in [0.3, 0.4) is 0 Å². The molecule has 0 saturated carbocycles. The normalized spacial score (nSPS) is 12.8. The van der Waals surface area contributed by atoms with Crippen LogP contribution in [0, 0.1) is 18.6 Å². The van der Waals surface area contributed by atoms with E-state index in [0.717, 1.165) is 23.6 Å². The smallest absolute Gasteiger partial charge is 0.134 e. The number of halogens is 2. The third-order valence-electron chi connectivity index (χ3n) is 3.57. The molecular weight excluding hydrogens is 274 g/mol. The van der Waals surface area contributed by atoms with Gasteiger partial charge in [-0.15, -0.1) is 0 Å². The molecule has 0 aliphatic heterocycles. The number of aryl methyl sites for hydroxylation is 1. The van der Waals surface area contributed by atoms with Crippen molar-refractivity contribution >= 4 is 11.0 Å². The van der Waals surface area contributed by atoms with Gasteiger partial charge in [0.2, 0.25) is 0 Å². The monoisotopic (exact) mass is 288 g/mol. The summed E-state index contributed by atoms with van der Waals surface area (Å²) in [6.45, 7) is 1.75. The topological polar surface area (TPSA) is 33.4 Å². The van der Waals surface area contributed by atoms with Crippen molar-refractivity contribution in [2.45, 2.75) is 19.4 Å². The van der Waals surface area contributed by atoms with Crippen LogP contribution in [0.2, 0.25) is 0 Å². The van der Waals surface area contributed by atoms with Gasteiger partial charge in [-0.1, -0.05) is 18.2 Å². The number of hydrogen-bond acceptors (Lipinski definition) is 2. The Hall–Kier alpha value is -2.20. The fraction of sp³-hybridized carbons (Fsp3) is 0.176. The Bertz CT molecular complexity index is 793. The van der Waals surface area contributed by atoms with Crippen molar-refractivity contribution in [3.63, 3.8) is 0 Å². The van der Waals surface area contributed by atoms with Crippen molar-refractivity contribution in [2.24, 2.45) is 0 Å². The summed E-state index contributed by atoms with van der Waals surface area (Å²) in [5, 5.41) is 11.2. The van der Waals surface area contributed by atoms with Crippen LogP contribution in [0.1, 0.15) is 23.0 Å². The van der Waals surface area contributed by atoms with Crippen LogP contribution < -0.4 is 0 Å². The average Bonchev–Trinajstić information content (AvgIpc) is 2.78. The summed E-state index contributed by atoms with van der Waals surface area (Å²) in [6.07, 6.45) is -0.960. The summed E-state index contributed by atoms with van der Waals surface area (Å²) in [7, 11) is 0. The first kappa shape index (κ1) is 13.8. The minimum Gasteiger partial charge on any atom is -0.461 e.